The molecule has 0 bridgehead atoms. The molecule has 0 aromatic heterocycles. The van der Waals surface area contributed by atoms with Gasteiger partial charge in [-0.15, -0.1) is 5.75 Å². The van der Waals surface area contributed by atoms with E-state index in [9.17, 15) is 9.90 Å². The molecule has 1 aromatic rings. The molecule has 4 heteroatoms. The molecule has 0 spiro atoms. The van der Waals surface area contributed by atoms with Crippen molar-refractivity contribution < 1.29 is 44.2 Å². The molecule has 0 aliphatic heterocycles. The summed E-state index contributed by atoms with van der Waals surface area (Å²) >= 11 is 0. The van der Waals surface area contributed by atoms with Crippen LogP contribution in [0, 0.1) is 0 Å². The van der Waals surface area contributed by atoms with E-state index in [1.807, 2.05) is 0 Å². The first-order valence-corrected chi connectivity index (χ1v) is 4.58. The van der Waals surface area contributed by atoms with Gasteiger partial charge in [-0.1, -0.05) is 24.3 Å². The van der Waals surface area contributed by atoms with Gasteiger partial charge in [-0.3, -0.25) is 4.79 Å². The van der Waals surface area contributed by atoms with Gasteiger partial charge in [-0.25, -0.2) is 0 Å². The van der Waals surface area contributed by atoms with Gasteiger partial charge < -0.3 is 9.84 Å². The monoisotopic (exact) mass is 216 g/mol. The second-order valence-corrected chi connectivity index (χ2v) is 3.04. The van der Waals surface area contributed by atoms with E-state index >= 15 is 0 Å². The summed E-state index contributed by atoms with van der Waals surface area (Å²) in [4.78, 5) is 11.3. The zero-order chi connectivity index (χ0) is 10.6. The Labute approximate surface area is 112 Å². The first-order valence-electron chi connectivity index (χ1n) is 4.58. The quantitative estimate of drug-likeness (QED) is 0.453. The number of carbonyl (C=O) groups excluding carboxylic acids is 1. The molecule has 0 saturated heterocycles. The van der Waals surface area contributed by atoms with Gasteiger partial charge in [0.15, 0.2) is 0 Å². The summed E-state index contributed by atoms with van der Waals surface area (Å²) < 4.78 is 4.87. The van der Waals surface area contributed by atoms with Crippen molar-refractivity contribution in [3.05, 3.63) is 29.8 Å². The number of rotatable bonds is 3. The third-order valence-electron chi connectivity index (χ3n) is 2.02. The van der Waals surface area contributed by atoms with Gasteiger partial charge in [-0.2, -0.15) is 0 Å². The van der Waals surface area contributed by atoms with Crippen LogP contribution in [0.15, 0.2) is 24.3 Å². The van der Waals surface area contributed by atoms with Gasteiger partial charge in [0, 0.05) is 0 Å². The van der Waals surface area contributed by atoms with Gasteiger partial charge in [0.1, 0.15) is 0 Å². The maximum Gasteiger partial charge on any atom is 1.00 e. The number of benzene rings is 1. The summed E-state index contributed by atoms with van der Waals surface area (Å²) in [6, 6.07) is 6.21. The van der Waals surface area contributed by atoms with Gasteiger partial charge in [0.2, 0.25) is 0 Å². The maximum atomic E-state index is 11.3. The SMILES string of the molecule is CCOC(=O)C(C)c1ccc([O-])cc1.[Na+]. The van der Waals surface area contributed by atoms with Crippen LogP contribution in [0.5, 0.6) is 5.75 Å². The number of ether oxygens (including phenoxy) is 1. The molecule has 0 amide bonds. The van der Waals surface area contributed by atoms with Crippen LogP contribution in [0.1, 0.15) is 25.3 Å². The average Bonchev–Trinajstić information content (AvgIpc) is 2.18. The Kier molecular flexibility index (Phi) is 6.65. The Bertz CT molecular complexity index is 308. The molecule has 15 heavy (non-hydrogen) atoms. The Morgan fingerprint density at radius 2 is 1.93 bits per heavy atom. The predicted molar refractivity (Wildman–Crippen MR) is 50.9 cm³/mol. The van der Waals surface area contributed by atoms with E-state index in [2.05, 4.69) is 0 Å². The zero-order valence-electron chi connectivity index (χ0n) is 9.32. The molecule has 1 aromatic carbocycles. The van der Waals surface area contributed by atoms with Crippen LogP contribution in [0.3, 0.4) is 0 Å². The standard InChI is InChI=1S/C11H14O3.Na/c1-3-14-11(13)8(2)9-4-6-10(12)7-5-9;/h4-8,12H,3H2,1-2H3;/q;+1/p-1. The Morgan fingerprint density at radius 3 is 2.40 bits per heavy atom. The number of hydrogen-bond donors (Lipinski definition) is 0. The van der Waals surface area contributed by atoms with Crippen LogP contribution in [0.25, 0.3) is 0 Å². The largest absolute Gasteiger partial charge is 1.00 e. The number of hydrogen-bond acceptors (Lipinski definition) is 3. The summed E-state index contributed by atoms with van der Waals surface area (Å²) in [5.74, 6) is -0.619. The van der Waals surface area contributed by atoms with Crippen molar-refractivity contribution in [1.29, 1.82) is 0 Å². The first-order chi connectivity index (χ1) is 6.65. The Morgan fingerprint density at radius 1 is 1.40 bits per heavy atom. The topological polar surface area (TPSA) is 49.4 Å². The van der Waals surface area contributed by atoms with E-state index in [1.54, 1.807) is 26.0 Å². The molecule has 0 fully saturated rings. The predicted octanol–water partition coefficient (Wildman–Crippen LogP) is -1.57. The first kappa shape index (κ1) is 14.5. The fourth-order valence-corrected chi connectivity index (χ4v) is 1.16. The van der Waals surface area contributed by atoms with E-state index in [4.69, 9.17) is 4.74 Å². The fourth-order valence-electron chi connectivity index (χ4n) is 1.16. The summed E-state index contributed by atoms with van der Waals surface area (Å²) in [5.41, 5.74) is 0.808. The van der Waals surface area contributed by atoms with Crippen LogP contribution >= 0.6 is 0 Å². The smallest absolute Gasteiger partial charge is 0.872 e. The van der Waals surface area contributed by atoms with E-state index in [1.165, 1.54) is 12.1 Å². The van der Waals surface area contributed by atoms with Crippen molar-refractivity contribution in [1.82, 2.24) is 0 Å². The molecule has 76 valence electrons. The Balaban J connectivity index is 0.00000196. The van der Waals surface area contributed by atoms with Crippen molar-refractivity contribution in [3.8, 4) is 5.75 Å². The maximum absolute atomic E-state index is 11.3. The van der Waals surface area contributed by atoms with Crippen molar-refractivity contribution in [2.45, 2.75) is 19.8 Å². The van der Waals surface area contributed by atoms with Crippen molar-refractivity contribution in [3.63, 3.8) is 0 Å². The molecule has 1 unspecified atom stereocenters. The third-order valence-corrected chi connectivity index (χ3v) is 2.02. The molecule has 3 nitrogen and oxygen atoms in total. The summed E-state index contributed by atoms with van der Waals surface area (Å²) in [6.07, 6.45) is 0. The normalized spacial score (nSPS) is 11.3. The minimum Gasteiger partial charge on any atom is -0.872 e. The number of esters is 1. The van der Waals surface area contributed by atoms with Crippen LogP contribution in [0.2, 0.25) is 0 Å². The van der Waals surface area contributed by atoms with Crippen molar-refractivity contribution in [2.24, 2.45) is 0 Å². The molecule has 1 rings (SSSR count). The van der Waals surface area contributed by atoms with Crippen molar-refractivity contribution in [2.75, 3.05) is 6.61 Å². The molecular formula is C11H13NaO3. The molecule has 0 saturated carbocycles. The zero-order valence-corrected chi connectivity index (χ0v) is 11.3. The Hall–Kier alpha value is -0.510. The van der Waals surface area contributed by atoms with Gasteiger partial charge in [0.25, 0.3) is 0 Å². The van der Waals surface area contributed by atoms with Crippen LogP contribution in [-0.4, -0.2) is 12.6 Å². The minimum absolute atomic E-state index is 0. The molecule has 0 aliphatic rings. The molecular weight excluding hydrogens is 203 g/mol. The molecule has 0 aliphatic carbocycles. The van der Waals surface area contributed by atoms with Gasteiger partial charge in [-0.05, 0) is 19.4 Å². The fraction of sp³-hybridized carbons (Fsp3) is 0.364. The van der Waals surface area contributed by atoms with Crippen molar-refractivity contribution >= 4 is 5.97 Å². The minimum atomic E-state index is -0.310. The molecule has 0 radical (unpaired) electrons. The second-order valence-electron chi connectivity index (χ2n) is 3.04. The number of carbonyl (C=O) groups is 1. The van der Waals surface area contributed by atoms with E-state index in [0.717, 1.165) is 5.56 Å². The summed E-state index contributed by atoms with van der Waals surface area (Å²) in [7, 11) is 0. The second kappa shape index (κ2) is 6.88. The average molecular weight is 216 g/mol. The van der Waals surface area contributed by atoms with E-state index in [-0.39, 0.29) is 47.2 Å². The van der Waals surface area contributed by atoms with Crippen LogP contribution in [0.4, 0.5) is 0 Å². The third kappa shape index (κ3) is 4.24. The van der Waals surface area contributed by atoms with Crippen LogP contribution in [-0.2, 0) is 9.53 Å². The molecule has 0 heterocycles. The van der Waals surface area contributed by atoms with E-state index in [0.29, 0.717) is 6.61 Å². The van der Waals surface area contributed by atoms with Gasteiger partial charge >= 0.3 is 35.5 Å². The van der Waals surface area contributed by atoms with Crippen LogP contribution < -0.4 is 34.7 Å². The van der Waals surface area contributed by atoms with E-state index < -0.39 is 0 Å². The van der Waals surface area contributed by atoms with Gasteiger partial charge in [0.05, 0.1) is 12.5 Å². The summed E-state index contributed by atoms with van der Waals surface area (Å²) in [5, 5.41) is 10.8. The molecule has 0 N–H and O–H groups in total. The summed E-state index contributed by atoms with van der Waals surface area (Å²) in [6.45, 7) is 3.91. The molecule has 1 atom stereocenters.